The molecule has 0 radical (unpaired) electrons. The van der Waals surface area contributed by atoms with Crippen LogP contribution in [-0.2, 0) is 4.74 Å². The Bertz CT molecular complexity index is 326. The smallest absolute Gasteiger partial charge is 0.410 e. The molecule has 3 unspecified atom stereocenters. The Kier molecular flexibility index (Phi) is 1.58. The molecule has 3 heteroatoms. The standard InChI is InChI=1S/C12H19NO2/c1-11(2)8-4-5-9(11)12(6-8)7-15-10(14)13(12)3/h8-9H,4-7H2,1-3H3. The van der Waals surface area contributed by atoms with Gasteiger partial charge in [-0.2, -0.15) is 0 Å². The second-order valence-electron chi connectivity index (χ2n) is 6.07. The van der Waals surface area contributed by atoms with Crippen LogP contribution in [0.15, 0.2) is 0 Å². The van der Waals surface area contributed by atoms with Gasteiger partial charge in [0.05, 0.1) is 5.54 Å². The zero-order chi connectivity index (χ0) is 10.8. The predicted octanol–water partition coefficient (Wildman–Crippen LogP) is 2.26. The van der Waals surface area contributed by atoms with E-state index < -0.39 is 0 Å². The first-order valence-corrected chi connectivity index (χ1v) is 5.89. The Balaban J connectivity index is 2.01. The van der Waals surface area contributed by atoms with Gasteiger partial charge in [0.25, 0.3) is 0 Å². The Morgan fingerprint density at radius 1 is 1.40 bits per heavy atom. The lowest BCUT2D eigenvalue weighted by atomic mass is 9.76. The number of likely N-dealkylation sites (N-methyl/N-ethyl adjacent to an activating group) is 1. The summed E-state index contributed by atoms with van der Waals surface area (Å²) in [5.74, 6) is 1.41. The molecule has 15 heavy (non-hydrogen) atoms. The molecule has 3 fully saturated rings. The number of cyclic esters (lactones) is 1. The third kappa shape index (κ3) is 0.900. The third-order valence-corrected chi connectivity index (χ3v) is 5.39. The minimum absolute atomic E-state index is 0.0312. The molecule has 2 saturated carbocycles. The molecule has 1 aliphatic heterocycles. The van der Waals surface area contributed by atoms with Crippen molar-refractivity contribution in [3.63, 3.8) is 0 Å². The number of nitrogens with zero attached hydrogens (tertiary/aromatic N) is 1. The minimum atomic E-state index is -0.127. The molecule has 2 aliphatic carbocycles. The number of rotatable bonds is 0. The molecule has 1 saturated heterocycles. The van der Waals surface area contributed by atoms with Gasteiger partial charge in [0, 0.05) is 7.05 Å². The van der Waals surface area contributed by atoms with Crippen molar-refractivity contribution in [3.05, 3.63) is 0 Å². The highest BCUT2D eigenvalue weighted by Gasteiger charge is 2.66. The van der Waals surface area contributed by atoms with Crippen molar-refractivity contribution < 1.29 is 9.53 Å². The fourth-order valence-electron chi connectivity index (χ4n) is 4.38. The van der Waals surface area contributed by atoms with Crippen molar-refractivity contribution in [1.29, 1.82) is 0 Å². The first kappa shape index (κ1) is 9.49. The molecule has 0 aromatic carbocycles. The highest BCUT2D eigenvalue weighted by atomic mass is 16.6. The van der Waals surface area contributed by atoms with Gasteiger partial charge in [0.15, 0.2) is 0 Å². The van der Waals surface area contributed by atoms with Crippen molar-refractivity contribution in [1.82, 2.24) is 4.90 Å². The molecule has 3 atom stereocenters. The first-order chi connectivity index (χ1) is 6.98. The van der Waals surface area contributed by atoms with E-state index in [0.29, 0.717) is 17.9 Å². The van der Waals surface area contributed by atoms with Gasteiger partial charge in [-0.15, -0.1) is 0 Å². The fraction of sp³-hybridized carbons (Fsp3) is 0.917. The number of hydrogen-bond acceptors (Lipinski definition) is 2. The van der Waals surface area contributed by atoms with Gasteiger partial charge in [-0.05, 0) is 36.5 Å². The van der Waals surface area contributed by atoms with Crippen LogP contribution in [0.5, 0.6) is 0 Å². The lowest BCUT2D eigenvalue weighted by Crippen LogP contribution is -2.50. The maximum Gasteiger partial charge on any atom is 0.410 e. The normalized spacial score (nSPS) is 46.6. The van der Waals surface area contributed by atoms with Crippen LogP contribution in [0.3, 0.4) is 0 Å². The summed E-state index contributed by atoms with van der Waals surface area (Å²) in [5, 5.41) is 0. The van der Waals surface area contributed by atoms with Crippen LogP contribution in [-0.4, -0.2) is 30.2 Å². The van der Waals surface area contributed by atoms with E-state index in [2.05, 4.69) is 13.8 Å². The third-order valence-electron chi connectivity index (χ3n) is 5.39. The Labute approximate surface area is 90.8 Å². The summed E-state index contributed by atoms with van der Waals surface area (Å²) in [7, 11) is 1.91. The van der Waals surface area contributed by atoms with E-state index in [-0.39, 0.29) is 11.6 Å². The van der Waals surface area contributed by atoms with Crippen LogP contribution >= 0.6 is 0 Å². The summed E-state index contributed by atoms with van der Waals surface area (Å²) in [6.45, 7) is 5.34. The predicted molar refractivity (Wildman–Crippen MR) is 56.5 cm³/mol. The molecule has 2 bridgehead atoms. The van der Waals surface area contributed by atoms with Crippen molar-refractivity contribution in [2.24, 2.45) is 17.3 Å². The number of fused-ring (bicyclic) bond motifs is 3. The second-order valence-corrected chi connectivity index (χ2v) is 6.07. The van der Waals surface area contributed by atoms with Gasteiger partial charge in [-0.25, -0.2) is 4.79 Å². The molecule has 84 valence electrons. The molecule has 3 rings (SSSR count). The maximum atomic E-state index is 11.5. The van der Waals surface area contributed by atoms with Gasteiger partial charge in [-0.3, -0.25) is 0 Å². The molecule has 0 aromatic rings. The Morgan fingerprint density at radius 2 is 2.13 bits per heavy atom. The van der Waals surface area contributed by atoms with Crippen LogP contribution in [0.2, 0.25) is 0 Å². The maximum absolute atomic E-state index is 11.5. The molecule has 0 aromatic heterocycles. The summed E-state index contributed by atoms with van der Waals surface area (Å²) < 4.78 is 5.24. The molecule has 0 N–H and O–H groups in total. The summed E-state index contributed by atoms with van der Waals surface area (Å²) in [6.07, 6.45) is 3.62. The number of amides is 1. The van der Waals surface area contributed by atoms with Crippen LogP contribution in [0.4, 0.5) is 4.79 Å². The topological polar surface area (TPSA) is 29.5 Å². The average molecular weight is 209 g/mol. The number of carbonyl (C=O) groups is 1. The van der Waals surface area contributed by atoms with Gasteiger partial charge >= 0.3 is 6.09 Å². The molecule has 1 heterocycles. The number of carbonyl (C=O) groups excluding carboxylic acids is 1. The molecule has 1 spiro atoms. The van der Waals surface area contributed by atoms with E-state index in [4.69, 9.17) is 4.74 Å². The molecule has 3 aliphatic rings. The van der Waals surface area contributed by atoms with Gasteiger partial charge < -0.3 is 9.64 Å². The zero-order valence-corrected chi connectivity index (χ0v) is 9.75. The molecular formula is C12H19NO2. The monoisotopic (exact) mass is 209 g/mol. The van der Waals surface area contributed by atoms with Gasteiger partial charge in [-0.1, -0.05) is 13.8 Å². The van der Waals surface area contributed by atoms with Crippen molar-refractivity contribution >= 4 is 6.09 Å². The number of hydrogen-bond donors (Lipinski definition) is 0. The summed E-state index contributed by atoms with van der Waals surface area (Å²) in [4.78, 5) is 13.4. The lowest BCUT2D eigenvalue weighted by Gasteiger charge is -2.38. The lowest BCUT2D eigenvalue weighted by molar-refractivity contribution is 0.0996. The highest BCUT2D eigenvalue weighted by Crippen LogP contribution is 2.64. The van der Waals surface area contributed by atoms with Crippen LogP contribution in [0.1, 0.15) is 33.1 Å². The average Bonchev–Trinajstić information content (AvgIpc) is 2.70. The minimum Gasteiger partial charge on any atom is -0.447 e. The van der Waals surface area contributed by atoms with E-state index >= 15 is 0 Å². The zero-order valence-electron chi connectivity index (χ0n) is 9.75. The van der Waals surface area contributed by atoms with Crippen LogP contribution < -0.4 is 0 Å². The SMILES string of the molecule is CN1C(=O)OCC12CC1CCC2C1(C)C. The Morgan fingerprint density at radius 3 is 2.53 bits per heavy atom. The largest absolute Gasteiger partial charge is 0.447 e. The van der Waals surface area contributed by atoms with E-state index in [9.17, 15) is 4.79 Å². The van der Waals surface area contributed by atoms with Crippen molar-refractivity contribution in [2.45, 2.75) is 38.6 Å². The van der Waals surface area contributed by atoms with Crippen LogP contribution in [0.25, 0.3) is 0 Å². The summed E-state index contributed by atoms with van der Waals surface area (Å²) in [5.41, 5.74) is 0.422. The van der Waals surface area contributed by atoms with Crippen molar-refractivity contribution in [2.75, 3.05) is 13.7 Å². The fourth-order valence-corrected chi connectivity index (χ4v) is 4.38. The van der Waals surface area contributed by atoms with Gasteiger partial charge in [0.2, 0.25) is 0 Å². The van der Waals surface area contributed by atoms with E-state index in [0.717, 1.165) is 12.3 Å². The van der Waals surface area contributed by atoms with E-state index in [1.165, 1.54) is 12.8 Å². The summed E-state index contributed by atoms with van der Waals surface area (Å²) >= 11 is 0. The Hall–Kier alpha value is -0.730. The highest BCUT2D eigenvalue weighted by molar-refractivity contribution is 5.71. The quantitative estimate of drug-likeness (QED) is 0.612. The van der Waals surface area contributed by atoms with Gasteiger partial charge in [0.1, 0.15) is 6.61 Å². The summed E-state index contributed by atoms with van der Waals surface area (Å²) in [6, 6.07) is 0. The number of ether oxygens (including phenoxy) is 1. The van der Waals surface area contributed by atoms with Crippen LogP contribution in [0, 0.1) is 17.3 Å². The molecule has 1 amide bonds. The molecule has 3 nitrogen and oxygen atoms in total. The van der Waals surface area contributed by atoms with E-state index in [1.807, 2.05) is 11.9 Å². The van der Waals surface area contributed by atoms with E-state index in [1.54, 1.807) is 0 Å². The van der Waals surface area contributed by atoms with Crippen molar-refractivity contribution in [3.8, 4) is 0 Å². The first-order valence-electron chi connectivity index (χ1n) is 5.89. The second kappa shape index (κ2) is 2.50. The molecular weight excluding hydrogens is 190 g/mol.